The molecule has 4 heteroatoms. The van der Waals surface area contributed by atoms with Gasteiger partial charge in [0.2, 0.25) is 0 Å². The molecule has 0 bridgehead atoms. The number of thioether (sulfide) groups is 1. The molecule has 0 aliphatic carbocycles. The van der Waals surface area contributed by atoms with Crippen LogP contribution in [-0.4, -0.2) is 17.5 Å². The van der Waals surface area contributed by atoms with Gasteiger partial charge in [0.1, 0.15) is 0 Å². The number of thiophene rings is 1. The SMILES string of the molecule is CC(NC1CCSC1)c1csc(Cl)c1. The molecule has 1 aromatic rings. The Morgan fingerprint density at radius 2 is 2.50 bits per heavy atom. The minimum atomic E-state index is 0.433. The zero-order valence-electron chi connectivity index (χ0n) is 8.13. The first kappa shape index (κ1) is 10.8. The van der Waals surface area contributed by atoms with Crippen LogP contribution in [0.15, 0.2) is 11.4 Å². The van der Waals surface area contributed by atoms with Crippen molar-refractivity contribution in [1.82, 2.24) is 5.32 Å². The third kappa shape index (κ3) is 2.66. The van der Waals surface area contributed by atoms with Gasteiger partial charge in [0.15, 0.2) is 0 Å². The van der Waals surface area contributed by atoms with Crippen molar-refractivity contribution >= 4 is 34.7 Å². The van der Waals surface area contributed by atoms with Crippen molar-refractivity contribution in [3.8, 4) is 0 Å². The predicted octanol–water partition coefficient (Wildman–Crippen LogP) is 3.56. The second-order valence-electron chi connectivity index (χ2n) is 3.63. The summed E-state index contributed by atoms with van der Waals surface area (Å²) in [6, 6.07) is 3.18. The lowest BCUT2D eigenvalue weighted by Crippen LogP contribution is -2.30. The van der Waals surface area contributed by atoms with Crippen molar-refractivity contribution in [3.63, 3.8) is 0 Å². The van der Waals surface area contributed by atoms with Crippen LogP contribution in [0, 0.1) is 0 Å². The normalized spacial score (nSPS) is 24.0. The van der Waals surface area contributed by atoms with Crippen molar-refractivity contribution in [2.75, 3.05) is 11.5 Å². The van der Waals surface area contributed by atoms with E-state index in [0.717, 1.165) is 4.34 Å². The molecule has 1 N–H and O–H groups in total. The smallest absolute Gasteiger partial charge is 0.0931 e. The van der Waals surface area contributed by atoms with E-state index < -0.39 is 0 Å². The average Bonchev–Trinajstić information content (AvgIpc) is 2.75. The first-order valence-corrected chi connectivity index (χ1v) is 7.24. The third-order valence-corrected chi connectivity index (χ3v) is 4.77. The zero-order chi connectivity index (χ0) is 9.97. The Bertz CT molecular complexity index is 294. The maximum absolute atomic E-state index is 5.91. The van der Waals surface area contributed by atoms with E-state index in [2.05, 4.69) is 23.7 Å². The maximum atomic E-state index is 5.91. The van der Waals surface area contributed by atoms with Crippen molar-refractivity contribution in [2.24, 2.45) is 0 Å². The second kappa shape index (κ2) is 4.88. The number of nitrogens with one attached hydrogen (secondary N) is 1. The Morgan fingerprint density at radius 3 is 3.07 bits per heavy atom. The number of rotatable bonds is 3. The summed E-state index contributed by atoms with van der Waals surface area (Å²) in [6.45, 7) is 2.21. The van der Waals surface area contributed by atoms with Crippen LogP contribution in [0.25, 0.3) is 0 Å². The molecule has 0 saturated carbocycles. The van der Waals surface area contributed by atoms with Crippen LogP contribution in [0.2, 0.25) is 4.34 Å². The molecule has 1 saturated heterocycles. The highest BCUT2D eigenvalue weighted by Gasteiger charge is 2.18. The highest BCUT2D eigenvalue weighted by Crippen LogP contribution is 2.26. The minimum Gasteiger partial charge on any atom is -0.307 e. The van der Waals surface area contributed by atoms with Gasteiger partial charge in [0, 0.05) is 17.8 Å². The van der Waals surface area contributed by atoms with Crippen LogP contribution in [-0.2, 0) is 0 Å². The molecule has 0 amide bonds. The van der Waals surface area contributed by atoms with Gasteiger partial charge >= 0.3 is 0 Å². The molecule has 0 aromatic carbocycles. The fourth-order valence-corrected chi connectivity index (χ4v) is 3.82. The van der Waals surface area contributed by atoms with Gasteiger partial charge in [-0.1, -0.05) is 11.6 Å². The molecule has 1 aliphatic heterocycles. The monoisotopic (exact) mass is 247 g/mol. The topological polar surface area (TPSA) is 12.0 Å². The molecule has 1 nitrogen and oxygen atoms in total. The summed E-state index contributed by atoms with van der Waals surface area (Å²) in [6.07, 6.45) is 1.30. The van der Waals surface area contributed by atoms with Crippen molar-refractivity contribution < 1.29 is 0 Å². The maximum Gasteiger partial charge on any atom is 0.0931 e. The molecular weight excluding hydrogens is 234 g/mol. The quantitative estimate of drug-likeness (QED) is 0.877. The van der Waals surface area contributed by atoms with E-state index in [1.54, 1.807) is 11.3 Å². The van der Waals surface area contributed by atoms with Crippen LogP contribution in [0.4, 0.5) is 0 Å². The Hall–Kier alpha value is 0.300. The van der Waals surface area contributed by atoms with Crippen LogP contribution >= 0.6 is 34.7 Å². The molecular formula is C10H14ClNS2. The van der Waals surface area contributed by atoms with Crippen LogP contribution in [0.1, 0.15) is 24.9 Å². The minimum absolute atomic E-state index is 0.433. The van der Waals surface area contributed by atoms with Crippen molar-refractivity contribution in [3.05, 3.63) is 21.3 Å². The summed E-state index contributed by atoms with van der Waals surface area (Å²) in [7, 11) is 0. The van der Waals surface area contributed by atoms with Gasteiger partial charge in [-0.15, -0.1) is 11.3 Å². The van der Waals surface area contributed by atoms with E-state index in [9.17, 15) is 0 Å². The van der Waals surface area contributed by atoms with Crippen molar-refractivity contribution in [2.45, 2.75) is 25.4 Å². The molecule has 1 aromatic heterocycles. The summed E-state index contributed by atoms with van der Waals surface area (Å²) >= 11 is 9.56. The van der Waals surface area contributed by atoms with Gasteiger partial charge in [-0.3, -0.25) is 0 Å². The van der Waals surface area contributed by atoms with E-state index in [4.69, 9.17) is 11.6 Å². The van der Waals surface area contributed by atoms with Crippen molar-refractivity contribution in [1.29, 1.82) is 0 Å². The van der Waals surface area contributed by atoms with E-state index in [1.165, 1.54) is 23.5 Å². The fourth-order valence-electron chi connectivity index (χ4n) is 1.67. The molecule has 78 valence electrons. The Labute approximate surface area is 98.2 Å². The highest BCUT2D eigenvalue weighted by atomic mass is 35.5. The zero-order valence-corrected chi connectivity index (χ0v) is 10.5. The predicted molar refractivity (Wildman–Crippen MR) is 66.6 cm³/mol. The summed E-state index contributed by atoms with van der Waals surface area (Å²) in [4.78, 5) is 0. The fraction of sp³-hybridized carbons (Fsp3) is 0.600. The standard InChI is InChI=1S/C10H14ClNS2/c1-7(8-4-10(11)14-5-8)12-9-2-3-13-6-9/h4-5,7,9,12H,2-3,6H2,1H3. The first-order chi connectivity index (χ1) is 6.75. The molecule has 1 fully saturated rings. The molecule has 2 unspecified atom stereocenters. The van der Waals surface area contributed by atoms with E-state index >= 15 is 0 Å². The number of hydrogen-bond acceptors (Lipinski definition) is 3. The second-order valence-corrected chi connectivity index (χ2v) is 6.33. The molecule has 14 heavy (non-hydrogen) atoms. The number of hydrogen-bond donors (Lipinski definition) is 1. The lowest BCUT2D eigenvalue weighted by molar-refractivity contribution is 0.487. The molecule has 1 aliphatic rings. The largest absolute Gasteiger partial charge is 0.307 e. The summed E-state index contributed by atoms with van der Waals surface area (Å²) in [5.74, 6) is 2.55. The number of halogens is 1. The van der Waals surface area contributed by atoms with Gasteiger partial charge in [-0.05, 0) is 36.1 Å². The summed E-state index contributed by atoms with van der Waals surface area (Å²) in [5.41, 5.74) is 1.32. The van der Waals surface area contributed by atoms with Crippen LogP contribution in [0.5, 0.6) is 0 Å². The average molecular weight is 248 g/mol. The molecule has 2 heterocycles. The third-order valence-electron chi connectivity index (χ3n) is 2.50. The van der Waals surface area contributed by atoms with E-state index in [-0.39, 0.29) is 0 Å². The molecule has 2 atom stereocenters. The van der Waals surface area contributed by atoms with Gasteiger partial charge in [-0.25, -0.2) is 0 Å². The lowest BCUT2D eigenvalue weighted by atomic mass is 10.1. The van der Waals surface area contributed by atoms with Crippen LogP contribution < -0.4 is 5.32 Å². The lowest BCUT2D eigenvalue weighted by Gasteiger charge is -2.17. The first-order valence-electron chi connectivity index (χ1n) is 4.83. The summed E-state index contributed by atoms with van der Waals surface area (Å²) in [5, 5.41) is 5.78. The van der Waals surface area contributed by atoms with Crippen LogP contribution in [0.3, 0.4) is 0 Å². The van der Waals surface area contributed by atoms with Gasteiger partial charge in [0.05, 0.1) is 4.34 Å². The Balaban J connectivity index is 1.91. The van der Waals surface area contributed by atoms with Gasteiger partial charge < -0.3 is 5.32 Å². The molecule has 0 radical (unpaired) electrons. The van der Waals surface area contributed by atoms with Gasteiger partial charge in [0.25, 0.3) is 0 Å². The van der Waals surface area contributed by atoms with Gasteiger partial charge in [-0.2, -0.15) is 11.8 Å². The highest BCUT2D eigenvalue weighted by molar-refractivity contribution is 7.99. The Morgan fingerprint density at radius 1 is 1.64 bits per heavy atom. The Kier molecular flexibility index (Phi) is 3.77. The molecule has 0 spiro atoms. The summed E-state index contributed by atoms with van der Waals surface area (Å²) < 4.78 is 0.884. The van der Waals surface area contributed by atoms with E-state index in [1.807, 2.05) is 11.8 Å². The molecule has 2 rings (SSSR count). The van der Waals surface area contributed by atoms with E-state index in [0.29, 0.717) is 12.1 Å².